The van der Waals surface area contributed by atoms with Gasteiger partial charge < -0.3 is 10.2 Å². The normalized spacial score (nSPS) is 17.2. The number of hydrogen-bond donors (Lipinski definition) is 1. The lowest BCUT2D eigenvalue weighted by Gasteiger charge is -2.23. The van der Waals surface area contributed by atoms with E-state index in [0.717, 1.165) is 39.1 Å². The molecule has 1 heterocycles. The Kier molecular flexibility index (Phi) is 7.21. The van der Waals surface area contributed by atoms with Gasteiger partial charge >= 0.3 is 0 Å². The Bertz CT molecular complexity index is 213. The third-order valence-corrected chi connectivity index (χ3v) is 3.24. The molecule has 0 bridgehead atoms. The first-order chi connectivity index (χ1) is 8.24. The molecule has 1 saturated heterocycles. The highest BCUT2D eigenvalue weighted by Crippen LogP contribution is 2.00. The number of unbranched alkanes of at least 4 members (excludes halogenated alkanes) is 2. The molecule has 1 aliphatic heterocycles. The van der Waals surface area contributed by atoms with Gasteiger partial charge in [-0.25, -0.2) is 0 Å². The van der Waals surface area contributed by atoms with Crippen LogP contribution in [0.2, 0.25) is 0 Å². The molecule has 0 aromatic heterocycles. The molecule has 1 rings (SSSR count). The smallest absolute Gasteiger partial charge is 0.236 e. The average molecular weight is 241 g/mol. The molecule has 0 aromatic carbocycles. The van der Waals surface area contributed by atoms with Gasteiger partial charge in [0.15, 0.2) is 0 Å². The van der Waals surface area contributed by atoms with Gasteiger partial charge in [0.1, 0.15) is 0 Å². The lowest BCUT2D eigenvalue weighted by molar-refractivity contribution is -0.131. The van der Waals surface area contributed by atoms with Crippen molar-refractivity contribution >= 4 is 5.91 Å². The Morgan fingerprint density at radius 3 is 2.88 bits per heavy atom. The summed E-state index contributed by atoms with van der Waals surface area (Å²) in [5.41, 5.74) is 0. The summed E-state index contributed by atoms with van der Waals surface area (Å²) in [6.45, 7) is 7.56. The van der Waals surface area contributed by atoms with Crippen molar-refractivity contribution in [3.63, 3.8) is 0 Å². The Morgan fingerprint density at radius 2 is 2.12 bits per heavy atom. The van der Waals surface area contributed by atoms with E-state index in [0.29, 0.717) is 6.54 Å². The third-order valence-electron chi connectivity index (χ3n) is 3.24. The molecule has 0 aromatic rings. The van der Waals surface area contributed by atoms with E-state index in [-0.39, 0.29) is 5.91 Å². The Morgan fingerprint density at radius 1 is 1.29 bits per heavy atom. The van der Waals surface area contributed by atoms with Crippen LogP contribution in [-0.4, -0.2) is 62.0 Å². The van der Waals surface area contributed by atoms with Crippen LogP contribution in [-0.2, 0) is 4.79 Å². The van der Waals surface area contributed by atoms with Crippen molar-refractivity contribution < 1.29 is 4.79 Å². The highest BCUT2D eigenvalue weighted by atomic mass is 16.2. The molecule has 100 valence electrons. The van der Waals surface area contributed by atoms with Gasteiger partial charge in [-0.15, -0.1) is 0 Å². The molecule has 1 aliphatic rings. The fraction of sp³-hybridized carbons (Fsp3) is 0.923. The maximum Gasteiger partial charge on any atom is 0.236 e. The van der Waals surface area contributed by atoms with E-state index in [2.05, 4.69) is 17.1 Å². The molecule has 0 aliphatic carbocycles. The van der Waals surface area contributed by atoms with Gasteiger partial charge in [0.2, 0.25) is 5.91 Å². The number of likely N-dealkylation sites (N-methyl/N-ethyl adjacent to an activating group) is 1. The monoisotopic (exact) mass is 241 g/mol. The van der Waals surface area contributed by atoms with E-state index in [1.54, 1.807) is 0 Å². The SMILES string of the molecule is CCCCCN(C)CC(=O)N1CCCNCC1. The highest BCUT2D eigenvalue weighted by molar-refractivity contribution is 5.78. The van der Waals surface area contributed by atoms with Crippen molar-refractivity contribution in [1.29, 1.82) is 0 Å². The topological polar surface area (TPSA) is 35.6 Å². The fourth-order valence-corrected chi connectivity index (χ4v) is 2.14. The van der Waals surface area contributed by atoms with E-state index in [1.165, 1.54) is 19.3 Å². The number of carbonyl (C=O) groups excluding carboxylic acids is 1. The standard InChI is InChI=1S/C13H27N3O/c1-3-4-5-9-15(2)12-13(17)16-10-6-7-14-8-11-16/h14H,3-12H2,1-2H3. The van der Waals surface area contributed by atoms with Crippen molar-refractivity contribution in [3.05, 3.63) is 0 Å². The Labute approximate surface area is 105 Å². The van der Waals surface area contributed by atoms with Gasteiger partial charge in [-0.1, -0.05) is 19.8 Å². The molecule has 17 heavy (non-hydrogen) atoms. The second-order valence-corrected chi connectivity index (χ2v) is 4.93. The molecule has 4 nitrogen and oxygen atoms in total. The summed E-state index contributed by atoms with van der Waals surface area (Å²) in [6.07, 6.45) is 4.76. The molecule has 0 unspecified atom stereocenters. The quantitative estimate of drug-likeness (QED) is 0.703. The van der Waals surface area contributed by atoms with Crippen molar-refractivity contribution in [2.75, 3.05) is 46.3 Å². The van der Waals surface area contributed by atoms with Crippen LogP contribution in [0.25, 0.3) is 0 Å². The fourth-order valence-electron chi connectivity index (χ4n) is 2.14. The minimum atomic E-state index is 0.285. The van der Waals surface area contributed by atoms with Crippen LogP contribution >= 0.6 is 0 Å². The van der Waals surface area contributed by atoms with Gasteiger partial charge in [0.05, 0.1) is 6.54 Å². The minimum Gasteiger partial charge on any atom is -0.340 e. The molecule has 1 N–H and O–H groups in total. The molecular weight excluding hydrogens is 214 g/mol. The van der Waals surface area contributed by atoms with E-state index in [9.17, 15) is 4.79 Å². The summed E-state index contributed by atoms with van der Waals surface area (Å²) < 4.78 is 0. The zero-order valence-corrected chi connectivity index (χ0v) is 11.4. The minimum absolute atomic E-state index is 0.285. The second-order valence-electron chi connectivity index (χ2n) is 4.93. The summed E-state index contributed by atoms with van der Waals surface area (Å²) in [7, 11) is 2.05. The van der Waals surface area contributed by atoms with Crippen LogP contribution in [0, 0.1) is 0 Å². The summed E-state index contributed by atoms with van der Waals surface area (Å²) in [4.78, 5) is 16.2. The van der Waals surface area contributed by atoms with Gasteiger partial charge in [-0.3, -0.25) is 9.69 Å². The predicted octanol–water partition coefficient (Wildman–Crippen LogP) is 0.930. The number of amides is 1. The Balaban J connectivity index is 2.21. The lowest BCUT2D eigenvalue weighted by atomic mass is 10.2. The molecule has 4 heteroatoms. The highest BCUT2D eigenvalue weighted by Gasteiger charge is 2.16. The molecule has 1 fully saturated rings. The first-order valence-electron chi connectivity index (χ1n) is 6.91. The van der Waals surface area contributed by atoms with Crippen molar-refractivity contribution in [2.24, 2.45) is 0 Å². The summed E-state index contributed by atoms with van der Waals surface area (Å²) in [6, 6.07) is 0. The van der Waals surface area contributed by atoms with Crippen LogP contribution in [0.4, 0.5) is 0 Å². The maximum atomic E-state index is 12.1. The van der Waals surface area contributed by atoms with Crippen LogP contribution in [0.5, 0.6) is 0 Å². The van der Waals surface area contributed by atoms with E-state index >= 15 is 0 Å². The molecule has 0 spiro atoms. The van der Waals surface area contributed by atoms with Gasteiger partial charge in [-0.05, 0) is 33.0 Å². The second kappa shape index (κ2) is 8.48. The van der Waals surface area contributed by atoms with Crippen molar-refractivity contribution in [2.45, 2.75) is 32.6 Å². The first-order valence-corrected chi connectivity index (χ1v) is 6.91. The van der Waals surface area contributed by atoms with Crippen LogP contribution in [0.1, 0.15) is 32.6 Å². The molecule has 0 saturated carbocycles. The maximum absolute atomic E-state index is 12.1. The zero-order chi connectivity index (χ0) is 12.5. The van der Waals surface area contributed by atoms with E-state index < -0.39 is 0 Å². The third kappa shape index (κ3) is 6.03. The predicted molar refractivity (Wildman–Crippen MR) is 71.1 cm³/mol. The van der Waals surface area contributed by atoms with E-state index in [1.807, 2.05) is 11.9 Å². The largest absolute Gasteiger partial charge is 0.340 e. The molecule has 0 radical (unpaired) electrons. The molecule has 0 atom stereocenters. The number of hydrogen-bond acceptors (Lipinski definition) is 3. The Hall–Kier alpha value is -0.610. The average Bonchev–Trinajstić information content (AvgIpc) is 2.57. The number of nitrogens with zero attached hydrogens (tertiary/aromatic N) is 2. The zero-order valence-electron chi connectivity index (χ0n) is 11.4. The van der Waals surface area contributed by atoms with E-state index in [4.69, 9.17) is 0 Å². The summed E-state index contributed by atoms with van der Waals surface area (Å²) >= 11 is 0. The van der Waals surface area contributed by atoms with Crippen LogP contribution in [0.15, 0.2) is 0 Å². The summed E-state index contributed by atoms with van der Waals surface area (Å²) in [5, 5.41) is 3.32. The van der Waals surface area contributed by atoms with Crippen LogP contribution < -0.4 is 5.32 Å². The number of rotatable bonds is 6. The van der Waals surface area contributed by atoms with Gasteiger partial charge in [-0.2, -0.15) is 0 Å². The first kappa shape index (κ1) is 14.5. The van der Waals surface area contributed by atoms with Gasteiger partial charge in [0.25, 0.3) is 0 Å². The number of nitrogens with one attached hydrogen (secondary N) is 1. The van der Waals surface area contributed by atoms with Crippen molar-refractivity contribution in [1.82, 2.24) is 15.1 Å². The number of carbonyl (C=O) groups is 1. The lowest BCUT2D eigenvalue weighted by Crippen LogP contribution is -2.40. The van der Waals surface area contributed by atoms with Gasteiger partial charge in [0, 0.05) is 19.6 Å². The van der Waals surface area contributed by atoms with Crippen molar-refractivity contribution in [3.8, 4) is 0 Å². The molecule has 1 amide bonds. The summed E-state index contributed by atoms with van der Waals surface area (Å²) in [5.74, 6) is 0.285. The molecular formula is C13H27N3O. The van der Waals surface area contributed by atoms with Crippen LogP contribution in [0.3, 0.4) is 0 Å².